The van der Waals surface area contributed by atoms with Crippen LogP contribution >= 0.6 is 11.3 Å². The first-order valence-corrected chi connectivity index (χ1v) is 9.01. The van der Waals surface area contributed by atoms with E-state index in [4.69, 9.17) is 9.47 Å². The van der Waals surface area contributed by atoms with Gasteiger partial charge in [-0.1, -0.05) is 30.3 Å². The van der Waals surface area contributed by atoms with Crippen molar-refractivity contribution in [2.24, 2.45) is 0 Å². The minimum Gasteiger partial charge on any atom is -0.382 e. The molecule has 0 saturated carbocycles. The minimum atomic E-state index is 0.269. The number of likely N-dealkylation sites (tertiary alicyclic amines) is 1. The van der Waals surface area contributed by atoms with Gasteiger partial charge < -0.3 is 9.47 Å². The summed E-state index contributed by atoms with van der Waals surface area (Å²) in [5, 5.41) is 3.23. The summed E-state index contributed by atoms with van der Waals surface area (Å²) in [6.45, 7) is 3.30. The molecule has 1 aromatic carbocycles. The molecule has 5 heteroatoms. The van der Waals surface area contributed by atoms with Crippen LogP contribution < -0.4 is 0 Å². The molecule has 1 saturated heterocycles. The van der Waals surface area contributed by atoms with Crippen molar-refractivity contribution in [3.63, 3.8) is 0 Å². The van der Waals surface area contributed by atoms with Crippen molar-refractivity contribution in [3.05, 3.63) is 52.5 Å². The van der Waals surface area contributed by atoms with E-state index < -0.39 is 0 Å². The lowest BCUT2D eigenvalue weighted by atomic mass is 10.0. The van der Waals surface area contributed by atoms with Gasteiger partial charge in [0.1, 0.15) is 5.01 Å². The molecule has 2 heterocycles. The average Bonchev–Trinajstić information content (AvgIpc) is 3.21. The number of thiazole rings is 1. The lowest BCUT2D eigenvalue weighted by Gasteiger charge is -2.27. The quantitative estimate of drug-likeness (QED) is 0.696. The molecule has 1 aliphatic heterocycles. The van der Waals surface area contributed by atoms with Crippen LogP contribution in [0, 0.1) is 0 Å². The van der Waals surface area contributed by atoms with Gasteiger partial charge in [0.05, 0.1) is 25.9 Å². The second-order valence-electron chi connectivity index (χ2n) is 5.84. The Morgan fingerprint density at radius 2 is 2.13 bits per heavy atom. The van der Waals surface area contributed by atoms with Gasteiger partial charge in [-0.05, 0) is 18.4 Å². The summed E-state index contributed by atoms with van der Waals surface area (Å²) in [5.74, 6) is 0. The third-order valence-electron chi connectivity index (χ3n) is 4.33. The van der Waals surface area contributed by atoms with Gasteiger partial charge in [0.2, 0.25) is 0 Å². The van der Waals surface area contributed by atoms with Crippen LogP contribution in [0.15, 0.2) is 41.9 Å². The maximum Gasteiger partial charge on any atom is 0.107 e. The van der Waals surface area contributed by atoms with Crippen LogP contribution in [-0.2, 0) is 22.4 Å². The fraction of sp³-hybridized carbons (Fsp3) is 0.500. The summed E-state index contributed by atoms with van der Waals surface area (Å²) in [6.07, 6.45) is 4.25. The van der Waals surface area contributed by atoms with Crippen molar-refractivity contribution >= 4 is 11.3 Å². The maximum absolute atomic E-state index is 6.09. The number of nitrogens with zero attached hydrogens (tertiary/aromatic N) is 2. The van der Waals surface area contributed by atoms with Crippen LogP contribution in [0.2, 0.25) is 0 Å². The van der Waals surface area contributed by atoms with Gasteiger partial charge in [-0.2, -0.15) is 0 Å². The highest BCUT2D eigenvalue weighted by Crippen LogP contribution is 2.26. The largest absolute Gasteiger partial charge is 0.382 e. The summed E-state index contributed by atoms with van der Waals surface area (Å²) in [4.78, 5) is 6.95. The van der Waals surface area contributed by atoms with Gasteiger partial charge in [-0.15, -0.1) is 11.3 Å². The maximum atomic E-state index is 6.09. The molecule has 1 fully saturated rings. The van der Waals surface area contributed by atoms with Gasteiger partial charge in [-0.25, -0.2) is 4.98 Å². The van der Waals surface area contributed by atoms with Gasteiger partial charge in [0.25, 0.3) is 0 Å². The highest BCUT2D eigenvalue weighted by molar-refractivity contribution is 7.09. The molecule has 124 valence electrons. The minimum absolute atomic E-state index is 0.269. The fourth-order valence-electron chi connectivity index (χ4n) is 3.18. The molecule has 0 unspecified atom stereocenters. The van der Waals surface area contributed by atoms with Crippen molar-refractivity contribution in [1.29, 1.82) is 0 Å². The van der Waals surface area contributed by atoms with Crippen LogP contribution in [-0.4, -0.2) is 48.9 Å². The predicted octanol–water partition coefficient (Wildman–Crippen LogP) is 2.99. The van der Waals surface area contributed by atoms with E-state index in [9.17, 15) is 0 Å². The number of rotatable bonds is 8. The van der Waals surface area contributed by atoms with Crippen LogP contribution in [0.5, 0.6) is 0 Å². The highest BCUT2D eigenvalue weighted by Gasteiger charge is 2.35. The molecular formula is C18H24N2O2S. The Hall–Kier alpha value is -1.27. The van der Waals surface area contributed by atoms with Gasteiger partial charge in [-0.3, -0.25) is 4.90 Å². The van der Waals surface area contributed by atoms with Crippen LogP contribution in [0.3, 0.4) is 0 Å². The first-order chi connectivity index (χ1) is 11.4. The molecule has 23 heavy (non-hydrogen) atoms. The molecule has 0 N–H and O–H groups in total. The van der Waals surface area contributed by atoms with E-state index in [0.717, 1.165) is 25.9 Å². The Bertz CT molecular complexity index is 562. The van der Waals surface area contributed by atoms with E-state index in [2.05, 4.69) is 40.2 Å². The first-order valence-electron chi connectivity index (χ1n) is 8.13. The summed E-state index contributed by atoms with van der Waals surface area (Å²) in [6, 6.07) is 11.1. The molecule has 1 aliphatic rings. The van der Waals surface area contributed by atoms with Gasteiger partial charge >= 0.3 is 0 Å². The van der Waals surface area contributed by atoms with E-state index in [1.807, 2.05) is 11.6 Å². The molecule has 0 bridgehead atoms. The summed E-state index contributed by atoms with van der Waals surface area (Å²) < 4.78 is 11.2. The fourth-order valence-corrected chi connectivity index (χ4v) is 3.82. The summed E-state index contributed by atoms with van der Waals surface area (Å²) >= 11 is 1.73. The van der Waals surface area contributed by atoms with Crippen molar-refractivity contribution < 1.29 is 9.47 Å². The van der Waals surface area contributed by atoms with Crippen molar-refractivity contribution in [1.82, 2.24) is 9.88 Å². The monoisotopic (exact) mass is 332 g/mol. The van der Waals surface area contributed by atoms with Crippen LogP contribution in [0.4, 0.5) is 0 Å². The number of aromatic nitrogens is 1. The van der Waals surface area contributed by atoms with Crippen molar-refractivity contribution in [2.75, 3.05) is 26.9 Å². The second-order valence-corrected chi connectivity index (χ2v) is 6.82. The van der Waals surface area contributed by atoms with Crippen LogP contribution in [0.25, 0.3) is 0 Å². The Labute approximate surface area is 142 Å². The standard InChI is InChI=1S/C18H24N2O2S/c1-21-10-11-22-17-7-9-20(14-18-19-8-12-23-18)16(17)13-15-5-3-2-4-6-15/h2-6,8,12,16-17H,7,9-11,13-14H2,1H3/t16-,17+/m0/s1. The second kappa shape index (κ2) is 8.55. The lowest BCUT2D eigenvalue weighted by molar-refractivity contribution is -0.00131. The van der Waals surface area contributed by atoms with E-state index >= 15 is 0 Å². The number of methoxy groups -OCH3 is 1. The molecule has 1 aromatic heterocycles. The van der Waals surface area contributed by atoms with E-state index in [0.29, 0.717) is 19.3 Å². The van der Waals surface area contributed by atoms with Crippen LogP contribution in [0.1, 0.15) is 17.0 Å². The van der Waals surface area contributed by atoms with E-state index in [1.54, 1.807) is 18.4 Å². The third-order valence-corrected chi connectivity index (χ3v) is 5.09. The molecule has 0 aliphatic carbocycles. The highest BCUT2D eigenvalue weighted by atomic mass is 32.1. The molecule has 2 aromatic rings. The number of benzene rings is 1. The summed E-state index contributed by atoms with van der Waals surface area (Å²) in [5.41, 5.74) is 1.36. The molecular weight excluding hydrogens is 308 g/mol. The molecule has 0 radical (unpaired) electrons. The topological polar surface area (TPSA) is 34.6 Å². The third kappa shape index (κ3) is 4.61. The van der Waals surface area contributed by atoms with Crippen molar-refractivity contribution in [2.45, 2.75) is 31.5 Å². The normalized spacial score (nSPS) is 21.8. The Morgan fingerprint density at radius 1 is 1.26 bits per heavy atom. The molecule has 0 amide bonds. The Balaban J connectivity index is 1.67. The Morgan fingerprint density at radius 3 is 2.87 bits per heavy atom. The SMILES string of the molecule is COCCO[C@@H]1CCN(Cc2nccs2)[C@H]1Cc1ccccc1. The van der Waals surface area contributed by atoms with E-state index in [1.165, 1.54) is 10.6 Å². The van der Waals surface area contributed by atoms with Crippen molar-refractivity contribution in [3.8, 4) is 0 Å². The first kappa shape index (κ1) is 16.6. The predicted molar refractivity (Wildman–Crippen MR) is 92.7 cm³/mol. The zero-order valence-corrected chi connectivity index (χ0v) is 14.4. The number of ether oxygens (including phenoxy) is 2. The molecule has 4 nitrogen and oxygen atoms in total. The number of hydrogen-bond donors (Lipinski definition) is 0. The summed E-state index contributed by atoms with van der Waals surface area (Å²) in [7, 11) is 1.72. The van der Waals surface area contributed by atoms with Gasteiger partial charge in [0.15, 0.2) is 0 Å². The molecule has 3 rings (SSSR count). The zero-order valence-electron chi connectivity index (χ0n) is 13.6. The van der Waals surface area contributed by atoms with E-state index in [-0.39, 0.29) is 6.10 Å². The lowest BCUT2D eigenvalue weighted by Crippen LogP contribution is -2.38. The molecule has 2 atom stereocenters. The zero-order chi connectivity index (χ0) is 15.9. The number of hydrogen-bond acceptors (Lipinski definition) is 5. The average molecular weight is 332 g/mol. The molecule has 0 spiro atoms. The smallest absolute Gasteiger partial charge is 0.107 e. The Kier molecular flexibility index (Phi) is 6.16. The van der Waals surface area contributed by atoms with Gasteiger partial charge in [0, 0.05) is 31.3 Å².